The second kappa shape index (κ2) is 4.58. The van der Waals surface area contributed by atoms with Crippen molar-refractivity contribution in [1.82, 2.24) is 9.97 Å². The maximum atomic E-state index is 5.86. The molecule has 0 bridgehead atoms. The normalized spacial score (nSPS) is 23.8. The Balaban J connectivity index is 2.15. The molecule has 0 aromatic carbocycles. The predicted octanol–water partition coefficient (Wildman–Crippen LogP) is 0.939. The summed E-state index contributed by atoms with van der Waals surface area (Å²) in [5.74, 6) is 0.894. The minimum Gasteiger partial charge on any atom is -0.369 e. The van der Waals surface area contributed by atoms with Gasteiger partial charge in [-0.05, 0) is 20.8 Å². The van der Waals surface area contributed by atoms with E-state index >= 15 is 0 Å². The first-order chi connectivity index (χ1) is 8.00. The third-order valence-corrected chi connectivity index (χ3v) is 2.79. The molecule has 0 amide bonds. The summed E-state index contributed by atoms with van der Waals surface area (Å²) < 4.78 is 5.86. The fraction of sp³-hybridized carbons (Fsp3) is 0.667. The number of hydrogen-bond donors (Lipinski definition) is 1. The Morgan fingerprint density at radius 2 is 2.24 bits per heavy atom. The van der Waals surface area contributed by atoms with Gasteiger partial charge in [-0.2, -0.15) is 0 Å². The van der Waals surface area contributed by atoms with E-state index in [-0.39, 0.29) is 11.7 Å². The van der Waals surface area contributed by atoms with Crippen molar-refractivity contribution in [3.8, 4) is 0 Å². The van der Waals surface area contributed by atoms with Crippen molar-refractivity contribution in [2.75, 3.05) is 18.0 Å². The summed E-state index contributed by atoms with van der Waals surface area (Å²) in [6.45, 7) is 8.37. The van der Waals surface area contributed by atoms with Crippen LogP contribution >= 0.6 is 0 Å². The average molecular weight is 236 g/mol. The van der Waals surface area contributed by atoms with Crippen LogP contribution in [0.1, 0.15) is 26.5 Å². The first-order valence-corrected chi connectivity index (χ1v) is 5.94. The molecule has 1 aromatic heterocycles. The van der Waals surface area contributed by atoms with Gasteiger partial charge < -0.3 is 15.4 Å². The van der Waals surface area contributed by atoms with E-state index in [2.05, 4.69) is 35.6 Å². The zero-order chi connectivity index (χ0) is 12.5. The molecule has 1 atom stereocenters. The first-order valence-electron chi connectivity index (χ1n) is 5.94. The lowest BCUT2D eigenvalue weighted by Gasteiger charge is -2.42. The van der Waals surface area contributed by atoms with Crippen LogP contribution < -0.4 is 10.6 Å². The molecule has 17 heavy (non-hydrogen) atoms. The number of anilines is 1. The lowest BCUT2D eigenvalue weighted by atomic mass is 10.1. The van der Waals surface area contributed by atoms with Gasteiger partial charge in [0.1, 0.15) is 5.82 Å². The number of nitrogens with two attached hydrogens (primary N) is 1. The van der Waals surface area contributed by atoms with Gasteiger partial charge in [0, 0.05) is 19.6 Å². The summed E-state index contributed by atoms with van der Waals surface area (Å²) in [7, 11) is 0. The van der Waals surface area contributed by atoms with Gasteiger partial charge in [0.2, 0.25) is 0 Å². The molecule has 94 valence electrons. The highest BCUT2D eigenvalue weighted by atomic mass is 16.5. The van der Waals surface area contributed by atoms with Crippen molar-refractivity contribution >= 4 is 5.82 Å². The van der Waals surface area contributed by atoms with Crippen molar-refractivity contribution < 1.29 is 4.74 Å². The first kappa shape index (κ1) is 12.3. The monoisotopic (exact) mass is 236 g/mol. The molecule has 1 aliphatic heterocycles. The Morgan fingerprint density at radius 1 is 1.47 bits per heavy atom. The van der Waals surface area contributed by atoms with Crippen LogP contribution in [-0.2, 0) is 11.3 Å². The molecule has 1 unspecified atom stereocenters. The molecular formula is C12H20N4O. The fourth-order valence-corrected chi connectivity index (χ4v) is 2.24. The second-order valence-electron chi connectivity index (χ2n) is 5.14. The summed E-state index contributed by atoms with van der Waals surface area (Å²) in [6, 6.07) is 0. The van der Waals surface area contributed by atoms with Crippen LogP contribution in [0.25, 0.3) is 0 Å². The maximum Gasteiger partial charge on any atom is 0.147 e. The molecule has 2 N–H and O–H groups in total. The van der Waals surface area contributed by atoms with Gasteiger partial charge in [-0.1, -0.05) is 0 Å². The molecule has 1 saturated heterocycles. The van der Waals surface area contributed by atoms with E-state index in [9.17, 15) is 0 Å². The van der Waals surface area contributed by atoms with Gasteiger partial charge in [0.05, 0.1) is 29.8 Å². The third kappa shape index (κ3) is 2.92. The van der Waals surface area contributed by atoms with Gasteiger partial charge in [0.25, 0.3) is 0 Å². The Morgan fingerprint density at radius 3 is 2.76 bits per heavy atom. The Kier molecular flexibility index (Phi) is 3.31. The number of hydrogen-bond acceptors (Lipinski definition) is 5. The molecule has 0 radical (unpaired) electrons. The van der Waals surface area contributed by atoms with Gasteiger partial charge >= 0.3 is 0 Å². The topological polar surface area (TPSA) is 64.3 Å². The molecule has 5 heteroatoms. The van der Waals surface area contributed by atoms with E-state index < -0.39 is 0 Å². The lowest BCUT2D eigenvalue weighted by Crippen LogP contribution is -2.52. The van der Waals surface area contributed by atoms with E-state index in [4.69, 9.17) is 10.5 Å². The van der Waals surface area contributed by atoms with Crippen molar-refractivity contribution in [3.63, 3.8) is 0 Å². The van der Waals surface area contributed by atoms with Crippen LogP contribution in [0.3, 0.4) is 0 Å². The molecule has 2 heterocycles. The average Bonchev–Trinajstić information content (AvgIpc) is 2.26. The Labute approximate surface area is 102 Å². The van der Waals surface area contributed by atoms with Crippen LogP contribution in [0.2, 0.25) is 0 Å². The molecule has 1 fully saturated rings. The predicted molar refractivity (Wildman–Crippen MR) is 66.8 cm³/mol. The maximum absolute atomic E-state index is 5.86. The number of aromatic nitrogens is 2. The van der Waals surface area contributed by atoms with Gasteiger partial charge in [-0.25, -0.2) is 4.98 Å². The van der Waals surface area contributed by atoms with Crippen molar-refractivity contribution in [3.05, 3.63) is 18.1 Å². The van der Waals surface area contributed by atoms with E-state index in [1.165, 1.54) is 0 Å². The molecule has 5 nitrogen and oxygen atoms in total. The SMILES string of the molecule is CC1CN(c2cnc(CN)cn2)CC(C)(C)O1. The summed E-state index contributed by atoms with van der Waals surface area (Å²) in [5, 5.41) is 0. The summed E-state index contributed by atoms with van der Waals surface area (Å²) in [4.78, 5) is 10.9. The van der Waals surface area contributed by atoms with Crippen LogP contribution in [0.5, 0.6) is 0 Å². The highest BCUT2D eigenvalue weighted by Gasteiger charge is 2.31. The van der Waals surface area contributed by atoms with E-state index in [1.54, 1.807) is 12.4 Å². The highest BCUT2D eigenvalue weighted by molar-refractivity contribution is 5.37. The highest BCUT2D eigenvalue weighted by Crippen LogP contribution is 2.24. The standard InChI is InChI=1S/C12H20N4O/c1-9-7-16(8-12(2,3)17-9)11-6-14-10(4-13)5-15-11/h5-6,9H,4,7-8,13H2,1-3H3. The van der Waals surface area contributed by atoms with Crippen molar-refractivity contribution in [1.29, 1.82) is 0 Å². The fourth-order valence-electron chi connectivity index (χ4n) is 2.24. The Hall–Kier alpha value is -1.20. The van der Waals surface area contributed by atoms with Crippen molar-refractivity contribution in [2.24, 2.45) is 5.73 Å². The quantitative estimate of drug-likeness (QED) is 0.828. The van der Waals surface area contributed by atoms with E-state index in [0.29, 0.717) is 6.54 Å². The van der Waals surface area contributed by atoms with Crippen LogP contribution in [0, 0.1) is 0 Å². The molecule has 0 spiro atoms. The zero-order valence-corrected chi connectivity index (χ0v) is 10.7. The van der Waals surface area contributed by atoms with Crippen LogP contribution in [0.15, 0.2) is 12.4 Å². The summed E-state index contributed by atoms with van der Waals surface area (Å²) in [5.41, 5.74) is 6.17. The van der Waals surface area contributed by atoms with E-state index in [0.717, 1.165) is 24.6 Å². The van der Waals surface area contributed by atoms with Crippen LogP contribution in [0.4, 0.5) is 5.82 Å². The van der Waals surface area contributed by atoms with Gasteiger partial charge in [-0.15, -0.1) is 0 Å². The summed E-state index contributed by atoms with van der Waals surface area (Å²) in [6.07, 6.45) is 3.73. The van der Waals surface area contributed by atoms with Gasteiger partial charge in [-0.3, -0.25) is 4.98 Å². The molecule has 2 rings (SSSR count). The number of rotatable bonds is 2. The lowest BCUT2D eigenvalue weighted by molar-refractivity contribution is -0.0751. The zero-order valence-electron chi connectivity index (χ0n) is 10.7. The largest absolute Gasteiger partial charge is 0.369 e. The third-order valence-electron chi connectivity index (χ3n) is 2.79. The number of ether oxygens (including phenoxy) is 1. The van der Waals surface area contributed by atoms with Crippen LogP contribution in [-0.4, -0.2) is 34.8 Å². The minimum atomic E-state index is -0.147. The summed E-state index contributed by atoms with van der Waals surface area (Å²) >= 11 is 0. The Bertz CT molecular complexity index is 377. The minimum absolute atomic E-state index is 0.147. The molecule has 0 saturated carbocycles. The number of morpholine rings is 1. The molecule has 1 aliphatic rings. The second-order valence-corrected chi connectivity index (χ2v) is 5.14. The molecule has 1 aromatic rings. The number of nitrogens with zero attached hydrogens (tertiary/aromatic N) is 3. The molecule has 0 aliphatic carbocycles. The molecular weight excluding hydrogens is 216 g/mol. The van der Waals surface area contributed by atoms with Gasteiger partial charge in [0.15, 0.2) is 0 Å². The van der Waals surface area contributed by atoms with E-state index in [1.807, 2.05) is 0 Å². The smallest absolute Gasteiger partial charge is 0.147 e. The van der Waals surface area contributed by atoms with Crippen molar-refractivity contribution in [2.45, 2.75) is 39.0 Å².